The van der Waals surface area contributed by atoms with E-state index in [1.807, 2.05) is 6.07 Å². The quantitative estimate of drug-likeness (QED) is 0.335. The van der Waals surface area contributed by atoms with E-state index in [-0.39, 0.29) is 5.69 Å². The minimum atomic E-state index is -0.408. The number of thioether (sulfide) groups is 1. The fourth-order valence-electron chi connectivity index (χ4n) is 1.06. The van der Waals surface area contributed by atoms with Gasteiger partial charge in [0.15, 0.2) is 0 Å². The van der Waals surface area contributed by atoms with Gasteiger partial charge in [0.2, 0.25) is 0 Å². The van der Waals surface area contributed by atoms with E-state index >= 15 is 0 Å². The summed E-state index contributed by atoms with van der Waals surface area (Å²) in [6, 6.07) is 6.48. The zero-order chi connectivity index (χ0) is 12.0. The Morgan fingerprint density at radius 2 is 2.19 bits per heavy atom. The van der Waals surface area contributed by atoms with Crippen LogP contribution in [-0.2, 0) is 0 Å². The minimum Gasteiger partial charge on any atom is -0.258 e. The van der Waals surface area contributed by atoms with Crippen molar-refractivity contribution in [2.75, 3.05) is 0 Å². The van der Waals surface area contributed by atoms with Crippen molar-refractivity contribution >= 4 is 17.4 Å². The third-order valence-corrected chi connectivity index (χ3v) is 2.78. The lowest BCUT2D eigenvalue weighted by atomic mass is 10.3. The Bertz CT molecular complexity index is 452. The van der Waals surface area contributed by atoms with Gasteiger partial charge in [0.05, 0.1) is 4.92 Å². The summed E-state index contributed by atoms with van der Waals surface area (Å²) < 4.78 is 0. The Morgan fingerprint density at radius 3 is 2.75 bits per heavy atom. The molecule has 1 aromatic carbocycles. The van der Waals surface area contributed by atoms with E-state index in [4.69, 9.17) is 0 Å². The van der Waals surface area contributed by atoms with Gasteiger partial charge in [-0.2, -0.15) is 0 Å². The summed E-state index contributed by atoms with van der Waals surface area (Å²) in [4.78, 5) is 11.9. The largest absolute Gasteiger partial charge is 0.270 e. The van der Waals surface area contributed by atoms with Crippen molar-refractivity contribution in [3.05, 3.63) is 70.7 Å². The molecule has 0 heterocycles. The zero-order valence-corrected chi connectivity index (χ0v) is 9.44. The number of nitro groups is 1. The number of hydrogen-bond donors (Lipinski definition) is 0. The number of nitro benzene ring substituents is 1. The van der Waals surface area contributed by atoms with Crippen LogP contribution in [0.4, 0.5) is 5.69 Å². The molecular formula is C12H11NO2S. The first kappa shape index (κ1) is 12.3. The van der Waals surface area contributed by atoms with E-state index in [2.05, 4.69) is 13.2 Å². The van der Waals surface area contributed by atoms with Crippen molar-refractivity contribution in [2.24, 2.45) is 0 Å². The van der Waals surface area contributed by atoms with Crippen molar-refractivity contribution in [2.45, 2.75) is 4.90 Å². The van der Waals surface area contributed by atoms with Crippen LogP contribution >= 0.6 is 11.8 Å². The zero-order valence-electron chi connectivity index (χ0n) is 8.63. The van der Waals surface area contributed by atoms with Crippen LogP contribution in [0.15, 0.2) is 65.5 Å². The summed E-state index contributed by atoms with van der Waals surface area (Å²) in [7, 11) is 0. The molecule has 3 nitrogen and oxygen atoms in total. The van der Waals surface area contributed by atoms with Crippen LogP contribution in [0.1, 0.15) is 0 Å². The van der Waals surface area contributed by atoms with Gasteiger partial charge in [-0.15, -0.1) is 0 Å². The Morgan fingerprint density at radius 1 is 1.44 bits per heavy atom. The molecule has 0 radical (unpaired) electrons. The van der Waals surface area contributed by atoms with E-state index in [1.165, 1.54) is 23.9 Å². The Hall–Kier alpha value is -1.81. The first-order chi connectivity index (χ1) is 7.67. The van der Waals surface area contributed by atoms with Crippen molar-refractivity contribution in [3.8, 4) is 0 Å². The van der Waals surface area contributed by atoms with Crippen LogP contribution < -0.4 is 0 Å². The molecule has 16 heavy (non-hydrogen) atoms. The van der Waals surface area contributed by atoms with E-state index in [1.54, 1.807) is 24.3 Å². The van der Waals surface area contributed by atoms with E-state index in [0.717, 1.165) is 9.80 Å². The predicted molar refractivity (Wildman–Crippen MR) is 67.4 cm³/mol. The number of allylic oxidation sites excluding steroid dienone is 3. The summed E-state index contributed by atoms with van der Waals surface area (Å²) in [5.41, 5.74) is 0.0898. The minimum absolute atomic E-state index is 0.0898. The molecule has 0 bridgehead atoms. The number of rotatable bonds is 5. The molecule has 0 aromatic heterocycles. The monoisotopic (exact) mass is 233 g/mol. The first-order valence-electron chi connectivity index (χ1n) is 4.55. The molecular weight excluding hydrogens is 222 g/mol. The van der Waals surface area contributed by atoms with Gasteiger partial charge in [0, 0.05) is 21.9 Å². The molecule has 0 saturated heterocycles. The molecule has 0 aliphatic carbocycles. The van der Waals surface area contributed by atoms with Crippen LogP contribution in [0.25, 0.3) is 0 Å². The lowest BCUT2D eigenvalue weighted by molar-refractivity contribution is -0.385. The van der Waals surface area contributed by atoms with Gasteiger partial charge < -0.3 is 0 Å². The average molecular weight is 233 g/mol. The lowest BCUT2D eigenvalue weighted by Crippen LogP contribution is -1.87. The van der Waals surface area contributed by atoms with Crippen LogP contribution in [0, 0.1) is 10.1 Å². The predicted octanol–water partition coefficient (Wildman–Crippen LogP) is 3.94. The van der Waals surface area contributed by atoms with Gasteiger partial charge in [-0.25, -0.2) is 0 Å². The van der Waals surface area contributed by atoms with Gasteiger partial charge in [-0.3, -0.25) is 10.1 Å². The van der Waals surface area contributed by atoms with E-state index in [0.29, 0.717) is 0 Å². The van der Waals surface area contributed by atoms with Crippen LogP contribution in [0.2, 0.25) is 0 Å². The van der Waals surface area contributed by atoms with Gasteiger partial charge >= 0.3 is 0 Å². The summed E-state index contributed by atoms with van der Waals surface area (Å²) in [5.74, 6) is 0. The molecule has 4 heteroatoms. The van der Waals surface area contributed by atoms with Crippen molar-refractivity contribution < 1.29 is 4.92 Å². The molecule has 82 valence electrons. The molecule has 0 fully saturated rings. The summed E-state index contributed by atoms with van der Waals surface area (Å²) in [5, 5.41) is 10.6. The van der Waals surface area contributed by atoms with Crippen molar-refractivity contribution in [1.29, 1.82) is 0 Å². The third-order valence-electron chi connectivity index (χ3n) is 1.75. The molecule has 0 unspecified atom stereocenters. The Labute approximate surface area is 98.3 Å². The molecule has 0 aliphatic rings. The fraction of sp³-hybridized carbons (Fsp3) is 0. The molecule has 0 aliphatic heterocycles. The van der Waals surface area contributed by atoms with Crippen molar-refractivity contribution in [1.82, 2.24) is 0 Å². The molecule has 1 aromatic rings. The van der Waals surface area contributed by atoms with Gasteiger partial charge in [-0.05, 0) is 12.1 Å². The van der Waals surface area contributed by atoms with Gasteiger partial charge in [0.1, 0.15) is 0 Å². The SMILES string of the molecule is C=C/C=C(\C=C)Sc1cccc([N+](=O)[O-])c1. The van der Waals surface area contributed by atoms with E-state index in [9.17, 15) is 10.1 Å². The standard InChI is InChI=1S/C12H11NO2S/c1-3-6-11(4-2)16-12-8-5-7-10(9-12)13(14)15/h3-9H,1-2H2/b11-6+. The summed E-state index contributed by atoms with van der Waals surface area (Å²) in [6.07, 6.45) is 5.14. The second-order valence-corrected chi connectivity index (χ2v) is 4.01. The Kier molecular flexibility index (Phi) is 4.54. The third kappa shape index (κ3) is 3.40. The molecule has 0 amide bonds. The smallest absolute Gasteiger partial charge is 0.258 e. The second-order valence-electron chi connectivity index (χ2n) is 2.87. The highest BCUT2D eigenvalue weighted by atomic mass is 32.2. The first-order valence-corrected chi connectivity index (χ1v) is 5.36. The number of hydrogen-bond acceptors (Lipinski definition) is 3. The topological polar surface area (TPSA) is 43.1 Å². The van der Waals surface area contributed by atoms with Gasteiger partial charge in [-0.1, -0.05) is 43.1 Å². The summed E-state index contributed by atoms with van der Waals surface area (Å²) >= 11 is 1.41. The van der Waals surface area contributed by atoms with Gasteiger partial charge in [0.25, 0.3) is 5.69 Å². The van der Waals surface area contributed by atoms with Crippen LogP contribution in [0.5, 0.6) is 0 Å². The number of benzene rings is 1. The molecule has 0 spiro atoms. The molecule has 1 rings (SSSR count). The molecule has 0 atom stereocenters. The lowest BCUT2D eigenvalue weighted by Gasteiger charge is -2.01. The summed E-state index contributed by atoms with van der Waals surface area (Å²) in [6.45, 7) is 7.25. The van der Waals surface area contributed by atoms with E-state index < -0.39 is 4.92 Å². The fourth-order valence-corrected chi connectivity index (χ4v) is 1.90. The number of non-ortho nitro benzene ring substituents is 1. The maximum Gasteiger partial charge on any atom is 0.270 e. The van der Waals surface area contributed by atoms with Crippen molar-refractivity contribution in [3.63, 3.8) is 0 Å². The highest BCUT2D eigenvalue weighted by molar-refractivity contribution is 8.03. The van der Waals surface area contributed by atoms with Crippen LogP contribution in [-0.4, -0.2) is 4.92 Å². The second kappa shape index (κ2) is 5.92. The maximum absolute atomic E-state index is 10.6. The highest BCUT2D eigenvalue weighted by Gasteiger charge is 2.06. The maximum atomic E-state index is 10.6. The molecule has 0 N–H and O–H groups in total. The average Bonchev–Trinajstić information content (AvgIpc) is 2.29. The number of nitrogens with zero attached hydrogens (tertiary/aromatic N) is 1. The van der Waals surface area contributed by atoms with Crippen LogP contribution in [0.3, 0.4) is 0 Å². The Balaban J connectivity index is 2.92. The molecule has 0 saturated carbocycles. The highest BCUT2D eigenvalue weighted by Crippen LogP contribution is 2.29. The normalized spacial score (nSPS) is 10.9.